The lowest BCUT2D eigenvalue weighted by molar-refractivity contribution is -0.121. The molecule has 0 spiro atoms. The van der Waals surface area contributed by atoms with Crippen molar-refractivity contribution in [1.82, 2.24) is 14.7 Å². The topological polar surface area (TPSA) is 50.2 Å². The van der Waals surface area contributed by atoms with Crippen LogP contribution in [0.25, 0.3) is 0 Å². The van der Waals surface area contributed by atoms with Crippen molar-refractivity contribution >= 4 is 11.7 Å². The molecule has 1 aromatic heterocycles. The number of nitrogens with zero attached hydrogens (tertiary/aromatic N) is 3. The number of hydrogen-bond donors (Lipinski definition) is 1. The summed E-state index contributed by atoms with van der Waals surface area (Å²) < 4.78 is 1.84. The number of rotatable bonds is 4. The van der Waals surface area contributed by atoms with E-state index in [1.54, 1.807) is 6.20 Å². The first kappa shape index (κ1) is 16.0. The minimum atomic E-state index is -0.106. The van der Waals surface area contributed by atoms with Crippen molar-refractivity contribution in [3.8, 4) is 0 Å². The van der Waals surface area contributed by atoms with Crippen LogP contribution in [0, 0.1) is 11.8 Å². The molecule has 5 heteroatoms. The van der Waals surface area contributed by atoms with Gasteiger partial charge in [-0.2, -0.15) is 5.10 Å². The molecule has 1 N–H and O–H groups in total. The van der Waals surface area contributed by atoms with Crippen molar-refractivity contribution in [3.05, 3.63) is 12.3 Å². The summed E-state index contributed by atoms with van der Waals surface area (Å²) in [5, 5.41) is 7.27. The van der Waals surface area contributed by atoms with Crippen molar-refractivity contribution in [1.29, 1.82) is 0 Å². The SMILES string of the molecule is CC(C)n1nccc1NC(=O)[C@H](C)N1C[C@H](C)C[C@@H](C)C1. The summed E-state index contributed by atoms with van der Waals surface area (Å²) in [7, 11) is 0. The van der Waals surface area contributed by atoms with Crippen molar-refractivity contribution in [2.45, 2.75) is 53.1 Å². The molecular weight excluding hydrogens is 264 g/mol. The van der Waals surface area contributed by atoms with Gasteiger partial charge in [-0.3, -0.25) is 9.69 Å². The number of piperidine rings is 1. The Morgan fingerprint density at radius 1 is 1.29 bits per heavy atom. The number of nitrogens with one attached hydrogen (secondary N) is 1. The lowest BCUT2D eigenvalue weighted by Gasteiger charge is -2.38. The van der Waals surface area contributed by atoms with Gasteiger partial charge in [-0.05, 0) is 39.0 Å². The minimum Gasteiger partial charge on any atom is -0.310 e. The Morgan fingerprint density at radius 3 is 2.48 bits per heavy atom. The predicted molar refractivity (Wildman–Crippen MR) is 85.2 cm³/mol. The van der Waals surface area contributed by atoms with Gasteiger partial charge < -0.3 is 5.32 Å². The van der Waals surface area contributed by atoms with E-state index in [-0.39, 0.29) is 18.0 Å². The molecule has 1 aromatic rings. The molecule has 1 saturated heterocycles. The second-order valence-electron chi connectivity index (χ2n) is 6.82. The van der Waals surface area contributed by atoms with E-state index in [1.807, 2.05) is 17.7 Å². The minimum absolute atomic E-state index is 0.0544. The van der Waals surface area contributed by atoms with Gasteiger partial charge >= 0.3 is 0 Å². The molecule has 5 nitrogen and oxygen atoms in total. The third-order valence-corrected chi connectivity index (χ3v) is 4.23. The second kappa shape index (κ2) is 6.60. The van der Waals surface area contributed by atoms with Crippen LogP contribution in [0.5, 0.6) is 0 Å². The molecule has 2 heterocycles. The van der Waals surface area contributed by atoms with Crippen molar-refractivity contribution < 1.29 is 4.79 Å². The fraction of sp³-hybridized carbons (Fsp3) is 0.750. The Kier molecular flexibility index (Phi) is 5.04. The molecule has 1 aliphatic rings. The van der Waals surface area contributed by atoms with Gasteiger partial charge in [0.2, 0.25) is 5.91 Å². The zero-order chi connectivity index (χ0) is 15.6. The van der Waals surface area contributed by atoms with E-state index in [4.69, 9.17) is 0 Å². The quantitative estimate of drug-likeness (QED) is 0.928. The first-order valence-corrected chi connectivity index (χ1v) is 7.97. The highest BCUT2D eigenvalue weighted by Crippen LogP contribution is 2.23. The molecule has 118 valence electrons. The summed E-state index contributed by atoms with van der Waals surface area (Å²) in [6.45, 7) is 12.6. The lowest BCUT2D eigenvalue weighted by Crippen LogP contribution is -2.49. The molecule has 3 atom stereocenters. The van der Waals surface area contributed by atoms with Crippen LogP contribution in [0.4, 0.5) is 5.82 Å². The molecule has 0 radical (unpaired) electrons. The van der Waals surface area contributed by atoms with E-state index >= 15 is 0 Å². The third kappa shape index (κ3) is 3.84. The van der Waals surface area contributed by atoms with Crippen LogP contribution in [0.3, 0.4) is 0 Å². The van der Waals surface area contributed by atoms with Gasteiger partial charge in [-0.25, -0.2) is 4.68 Å². The average molecular weight is 292 g/mol. The number of anilines is 1. The summed E-state index contributed by atoms with van der Waals surface area (Å²) in [6, 6.07) is 1.98. The van der Waals surface area contributed by atoms with Gasteiger partial charge in [0.15, 0.2) is 0 Å². The zero-order valence-electron chi connectivity index (χ0n) is 13.8. The van der Waals surface area contributed by atoms with Gasteiger partial charge in [0.25, 0.3) is 0 Å². The van der Waals surface area contributed by atoms with Gasteiger partial charge in [-0.15, -0.1) is 0 Å². The maximum atomic E-state index is 12.5. The smallest absolute Gasteiger partial charge is 0.242 e. The number of likely N-dealkylation sites (tertiary alicyclic amines) is 1. The Hall–Kier alpha value is -1.36. The van der Waals surface area contributed by atoms with E-state index in [2.05, 4.69) is 43.0 Å². The van der Waals surface area contributed by atoms with Crippen LogP contribution in [0.2, 0.25) is 0 Å². The van der Waals surface area contributed by atoms with Crippen molar-refractivity contribution in [2.24, 2.45) is 11.8 Å². The molecule has 2 rings (SSSR count). The van der Waals surface area contributed by atoms with E-state index in [9.17, 15) is 4.79 Å². The predicted octanol–water partition coefficient (Wildman–Crippen LogP) is 2.77. The van der Waals surface area contributed by atoms with Crippen LogP contribution < -0.4 is 5.32 Å². The fourth-order valence-corrected chi connectivity index (χ4v) is 3.25. The third-order valence-electron chi connectivity index (χ3n) is 4.23. The molecule has 1 amide bonds. The van der Waals surface area contributed by atoms with E-state index in [1.165, 1.54) is 6.42 Å². The number of aromatic nitrogens is 2. The highest BCUT2D eigenvalue weighted by Gasteiger charge is 2.29. The maximum absolute atomic E-state index is 12.5. The maximum Gasteiger partial charge on any atom is 0.242 e. The summed E-state index contributed by atoms with van der Waals surface area (Å²) in [5.41, 5.74) is 0. The van der Waals surface area contributed by atoms with Crippen LogP contribution in [-0.2, 0) is 4.79 Å². The molecular formula is C16H28N4O. The van der Waals surface area contributed by atoms with Crippen LogP contribution in [-0.4, -0.2) is 39.7 Å². The summed E-state index contributed by atoms with van der Waals surface area (Å²) in [5.74, 6) is 2.15. The molecule has 0 aliphatic carbocycles. The summed E-state index contributed by atoms with van der Waals surface area (Å²) in [4.78, 5) is 14.8. The van der Waals surface area contributed by atoms with Gasteiger partial charge in [0.05, 0.1) is 12.2 Å². The highest BCUT2D eigenvalue weighted by atomic mass is 16.2. The molecule has 21 heavy (non-hydrogen) atoms. The first-order chi connectivity index (χ1) is 9.88. The fourth-order valence-electron chi connectivity index (χ4n) is 3.25. The molecule has 0 bridgehead atoms. The van der Waals surface area contributed by atoms with Crippen LogP contribution >= 0.6 is 0 Å². The van der Waals surface area contributed by atoms with Gasteiger partial charge in [0.1, 0.15) is 5.82 Å². The Bertz CT molecular complexity index is 472. The monoisotopic (exact) mass is 292 g/mol. The number of carbonyl (C=O) groups is 1. The highest BCUT2D eigenvalue weighted by molar-refractivity contribution is 5.93. The van der Waals surface area contributed by atoms with Gasteiger partial charge in [0, 0.05) is 25.2 Å². The van der Waals surface area contributed by atoms with Crippen molar-refractivity contribution in [2.75, 3.05) is 18.4 Å². The summed E-state index contributed by atoms with van der Waals surface area (Å²) >= 11 is 0. The van der Waals surface area contributed by atoms with Gasteiger partial charge in [-0.1, -0.05) is 13.8 Å². The normalized spacial score (nSPS) is 25.0. The van der Waals surface area contributed by atoms with Crippen LogP contribution in [0.15, 0.2) is 12.3 Å². The standard InChI is InChI=1S/C16H28N4O/c1-11(2)20-15(6-7-17-20)18-16(21)14(5)19-9-12(3)8-13(4)10-19/h6-7,11-14H,8-10H2,1-5H3,(H,18,21)/t12-,13-,14+/m1/s1. The molecule has 0 saturated carbocycles. The van der Waals surface area contributed by atoms with Crippen molar-refractivity contribution in [3.63, 3.8) is 0 Å². The first-order valence-electron chi connectivity index (χ1n) is 7.97. The lowest BCUT2D eigenvalue weighted by atomic mass is 9.91. The molecule has 1 fully saturated rings. The van der Waals surface area contributed by atoms with E-state index in [0.29, 0.717) is 11.8 Å². The van der Waals surface area contributed by atoms with E-state index in [0.717, 1.165) is 18.9 Å². The zero-order valence-corrected chi connectivity index (χ0v) is 13.8. The second-order valence-corrected chi connectivity index (χ2v) is 6.82. The Labute approximate surface area is 127 Å². The molecule has 0 unspecified atom stereocenters. The number of hydrogen-bond acceptors (Lipinski definition) is 3. The number of carbonyl (C=O) groups excluding carboxylic acids is 1. The molecule has 1 aliphatic heterocycles. The molecule has 0 aromatic carbocycles. The van der Waals surface area contributed by atoms with Crippen LogP contribution in [0.1, 0.15) is 47.1 Å². The largest absolute Gasteiger partial charge is 0.310 e. The Morgan fingerprint density at radius 2 is 1.90 bits per heavy atom. The van der Waals surface area contributed by atoms with E-state index < -0.39 is 0 Å². The number of amides is 1. The average Bonchev–Trinajstić information content (AvgIpc) is 2.84. The summed E-state index contributed by atoms with van der Waals surface area (Å²) in [6.07, 6.45) is 2.98. The Balaban J connectivity index is 2.00.